The normalized spacial score (nSPS) is 26.3. The summed E-state index contributed by atoms with van der Waals surface area (Å²) < 4.78 is 4.81. The van der Waals surface area contributed by atoms with Crippen molar-refractivity contribution in [2.75, 3.05) is 31.6 Å². The van der Waals surface area contributed by atoms with Gasteiger partial charge in [-0.2, -0.15) is 0 Å². The van der Waals surface area contributed by atoms with E-state index in [0.717, 1.165) is 19.4 Å². The third-order valence-corrected chi connectivity index (χ3v) is 5.85. The summed E-state index contributed by atoms with van der Waals surface area (Å²) >= 11 is 1.41. The maximum Gasteiger partial charge on any atom is 0.340 e. The SMILES string of the molecule is COC(=O)c1ccsc1N1CCC(N2CC(CN)CC2C)C1=O.Cl.Cl. The van der Waals surface area contributed by atoms with Gasteiger partial charge in [-0.1, -0.05) is 0 Å². The number of hydrogen-bond acceptors (Lipinski definition) is 6. The first-order chi connectivity index (χ1) is 11.1. The highest BCUT2D eigenvalue weighted by Gasteiger charge is 2.43. The van der Waals surface area contributed by atoms with E-state index in [0.29, 0.717) is 35.6 Å². The molecule has 6 nitrogen and oxygen atoms in total. The monoisotopic (exact) mass is 409 g/mol. The van der Waals surface area contributed by atoms with Crippen LogP contribution in [0.15, 0.2) is 11.4 Å². The number of thiophene rings is 1. The molecule has 2 saturated heterocycles. The van der Waals surface area contributed by atoms with Crippen LogP contribution < -0.4 is 10.6 Å². The van der Waals surface area contributed by atoms with Gasteiger partial charge >= 0.3 is 5.97 Å². The molecule has 0 aliphatic carbocycles. The zero-order valence-corrected chi connectivity index (χ0v) is 16.8. The van der Waals surface area contributed by atoms with Crippen LogP contribution in [0.5, 0.6) is 0 Å². The first kappa shape index (κ1) is 22.2. The molecule has 9 heteroatoms. The molecule has 0 spiro atoms. The third-order valence-electron chi connectivity index (χ3n) is 4.92. The molecule has 0 radical (unpaired) electrons. The van der Waals surface area contributed by atoms with Crippen LogP contribution in [0.3, 0.4) is 0 Å². The van der Waals surface area contributed by atoms with E-state index in [9.17, 15) is 9.59 Å². The summed E-state index contributed by atoms with van der Waals surface area (Å²) in [5, 5.41) is 2.53. The lowest BCUT2D eigenvalue weighted by molar-refractivity contribution is -0.121. The predicted octanol–water partition coefficient (Wildman–Crippen LogP) is 2.15. The quantitative estimate of drug-likeness (QED) is 0.770. The number of rotatable bonds is 4. The van der Waals surface area contributed by atoms with Crippen molar-refractivity contribution in [3.8, 4) is 0 Å². The second-order valence-corrected chi connectivity index (χ2v) is 7.20. The Labute approximate surface area is 164 Å². The van der Waals surface area contributed by atoms with E-state index >= 15 is 0 Å². The zero-order chi connectivity index (χ0) is 16.6. The topological polar surface area (TPSA) is 75.9 Å². The molecule has 3 rings (SSSR count). The molecule has 142 valence electrons. The third kappa shape index (κ3) is 4.11. The molecule has 3 heterocycles. The van der Waals surface area contributed by atoms with Crippen LogP contribution >= 0.6 is 36.2 Å². The number of likely N-dealkylation sites (tertiary alicyclic amines) is 1. The maximum atomic E-state index is 12.9. The van der Waals surface area contributed by atoms with Crippen molar-refractivity contribution in [1.29, 1.82) is 0 Å². The van der Waals surface area contributed by atoms with Crippen LogP contribution in [0.25, 0.3) is 0 Å². The van der Waals surface area contributed by atoms with Gasteiger partial charge in [0.25, 0.3) is 0 Å². The van der Waals surface area contributed by atoms with E-state index in [1.807, 2.05) is 5.38 Å². The van der Waals surface area contributed by atoms with Crippen molar-refractivity contribution in [2.24, 2.45) is 11.7 Å². The molecule has 25 heavy (non-hydrogen) atoms. The van der Waals surface area contributed by atoms with Gasteiger partial charge in [-0.3, -0.25) is 9.69 Å². The Bertz CT molecular complexity index is 613. The van der Waals surface area contributed by atoms with Crippen LogP contribution in [-0.2, 0) is 9.53 Å². The minimum Gasteiger partial charge on any atom is -0.465 e. The fraction of sp³-hybridized carbons (Fsp3) is 0.625. The Balaban J connectivity index is 0.00000156. The lowest BCUT2D eigenvalue weighted by Gasteiger charge is -2.27. The standard InChI is InChI=1S/C16H23N3O3S.2ClH/c1-10-7-11(8-17)9-19(10)13-3-5-18(14(13)20)15-12(4-6-23-15)16(21)22-2;;/h4,6,10-11,13H,3,5,7-9,17H2,1-2H3;2*1H. The summed E-state index contributed by atoms with van der Waals surface area (Å²) in [5.41, 5.74) is 6.27. The molecule has 2 N–H and O–H groups in total. The van der Waals surface area contributed by atoms with Crippen molar-refractivity contribution in [3.05, 3.63) is 17.0 Å². The summed E-state index contributed by atoms with van der Waals surface area (Å²) in [6.45, 7) is 4.36. The molecule has 1 aromatic heterocycles. The highest BCUT2D eigenvalue weighted by molar-refractivity contribution is 7.14. The number of esters is 1. The molecule has 2 fully saturated rings. The Morgan fingerprint density at radius 2 is 2.16 bits per heavy atom. The van der Waals surface area contributed by atoms with Crippen molar-refractivity contribution < 1.29 is 14.3 Å². The van der Waals surface area contributed by atoms with Gasteiger partial charge in [0.1, 0.15) is 5.00 Å². The molecule has 3 atom stereocenters. The van der Waals surface area contributed by atoms with Crippen LogP contribution in [-0.4, -0.2) is 55.6 Å². The molecule has 2 aliphatic heterocycles. The number of ether oxygens (including phenoxy) is 1. The summed E-state index contributed by atoms with van der Waals surface area (Å²) in [7, 11) is 1.36. The zero-order valence-electron chi connectivity index (χ0n) is 14.3. The average molecular weight is 410 g/mol. The summed E-state index contributed by atoms with van der Waals surface area (Å²) in [5.74, 6) is 0.163. The van der Waals surface area contributed by atoms with Gasteiger partial charge < -0.3 is 15.4 Å². The molecule has 1 aromatic rings. The highest BCUT2D eigenvalue weighted by atomic mass is 35.5. The average Bonchev–Trinajstić information content (AvgIpc) is 3.24. The van der Waals surface area contributed by atoms with E-state index in [1.165, 1.54) is 18.4 Å². The van der Waals surface area contributed by atoms with Crippen molar-refractivity contribution >= 4 is 53.0 Å². The molecule has 1 amide bonds. The van der Waals surface area contributed by atoms with Crippen molar-refractivity contribution in [1.82, 2.24) is 4.90 Å². The lowest BCUT2D eigenvalue weighted by atomic mass is 10.1. The second-order valence-electron chi connectivity index (χ2n) is 6.31. The van der Waals surface area contributed by atoms with Crippen LogP contribution in [0.1, 0.15) is 30.1 Å². The maximum absolute atomic E-state index is 12.9. The van der Waals surface area contributed by atoms with Gasteiger partial charge in [0.05, 0.1) is 18.7 Å². The van der Waals surface area contributed by atoms with Gasteiger partial charge in [-0.25, -0.2) is 4.79 Å². The van der Waals surface area contributed by atoms with Crippen molar-refractivity contribution in [3.63, 3.8) is 0 Å². The van der Waals surface area contributed by atoms with E-state index in [-0.39, 0.29) is 36.8 Å². The van der Waals surface area contributed by atoms with Crippen molar-refractivity contribution in [2.45, 2.75) is 31.8 Å². The minimum atomic E-state index is -0.393. The highest BCUT2D eigenvalue weighted by Crippen LogP contribution is 2.35. The van der Waals surface area contributed by atoms with Gasteiger partial charge in [0.2, 0.25) is 5.91 Å². The molecule has 0 saturated carbocycles. The van der Waals surface area contributed by atoms with Gasteiger partial charge in [-0.15, -0.1) is 36.2 Å². The fourth-order valence-corrected chi connectivity index (χ4v) is 4.65. The van der Waals surface area contributed by atoms with Gasteiger partial charge in [0, 0.05) is 19.1 Å². The number of amides is 1. The first-order valence-electron chi connectivity index (χ1n) is 7.99. The van der Waals surface area contributed by atoms with Gasteiger partial charge in [-0.05, 0) is 43.7 Å². The molecular formula is C16H25Cl2N3O3S. The van der Waals surface area contributed by atoms with E-state index in [1.54, 1.807) is 11.0 Å². The Kier molecular flexibility index (Phi) is 8.15. The van der Waals surface area contributed by atoms with E-state index < -0.39 is 5.97 Å². The second kappa shape index (κ2) is 9.19. The van der Waals surface area contributed by atoms with Crippen LogP contribution in [0.4, 0.5) is 5.00 Å². The van der Waals surface area contributed by atoms with E-state index in [2.05, 4.69) is 11.8 Å². The first-order valence-corrected chi connectivity index (χ1v) is 8.87. The number of methoxy groups -OCH3 is 1. The number of nitrogens with two attached hydrogens (primary N) is 1. The molecular weight excluding hydrogens is 385 g/mol. The largest absolute Gasteiger partial charge is 0.465 e. The Morgan fingerprint density at radius 3 is 2.76 bits per heavy atom. The Morgan fingerprint density at radius 1 is 1.44 bits per heavy atom. The van der Waals surface area contributed by atoms with Gasteiger partial charge in [0.15, 0.2) is 0 Å². The number of halogens is 2. The molecule has 3 unspecified atom stereocenters. The van der Waals surface area contributed by atoms with E-state index in [4.69, 9.17) is 10.5 Å². The molecule has 0 aromatic carbocycles. The number of carbonyl (C=O) groups is 2. The summed E-state index contributed by atoms with van der Waals surface area (Å²) in [6, 6.07) is 1.99. The lowest BCUT2D eigenvalue weighted by Crippen LogP contribution is -2.44. The number of anilines is 1. The van der Waals surface area contributed by atoms with Crippen LogP contribution in [0, 0.1) is 5.92 Å². The summed E-state index contributed by atoms with van der Waals surface area (Å²) in [6.07, 6.45) is 1.84. The minimum absolute atomic E-state index is 0. The predicted molar refractivity (Wildman–Crippen MR) is 104 cm³/mol. The van der Waals surface area contributed by atoms with Crippen LogP contribution in [0.2, 0.25) is 0 Å². The smallest absolute Gasteiger partial charge is 0.340 e. The molecule has 2 aliphatic rings. The fourth-order valence-electron chi connectivity index (χ4n) is 3.73. The number of hydrogen-bond donors (Lipinski definition) is 1. The Hall–Kier alpha value is -0.860. The molecule has 0 bridgehead atoms. The number of nitrogens with zero attached hydrogens (tertiary/aromatic N) is 2. The summed E-state index contributed by atoms with van der Waals surface area (Å²) in [4.78, 5) is 28.8. The number of carbonyl (C=O) groups excluding carboxylic acids is 2.